The van der Waals surface area contributed by atoms with E-state index in [0.29, 0.717) is 12.0 Å². The average Bonchev–Trinajstić information content (AvgIpc) is 2.41. The van der Waals surface area contributed by atoms with Crippen LogP contribution in [0.1, 0.15) is 26.7 Å². The summed E-state index contributed by atoms with van der Waals surface area (Å²) >= 11 is 0. The molecule has 1 aromatic carbocycles. The fourth-order valence-electron chi connectivity index (χ4n) is 1.84. The third-order valence-corrected chi connectivity index (χ3v) is 2.79. The number of carbonyl (C=O) groups is 1. The highest BCUT2D eigenvalue weighted by Crippen LogP contribution is 2.34. The van der Waals surface area contributed by atoms with Crippen LogP contribution in [0.25, 0.3) is 11.0 Å². The fraction of sp³-hybridized carbons (Fsp3) is 0.333. The molecule has 1 heterocycles. The Hall–Kier alpha value is -2.50. The highest BCUT2D eigenvalue weighted by molar-refractivity contribution is 5.87. The van der Waals surface area contributed by atoms with Crippen LogP contribution in [-0.4, -0.2) is 17.7 Å². The Morgan fingerprint density at radius 1 is 1.33 bits per heavy atom. The molecule has 21 heavy (non-hydrogen) atoms. The standard InChI is InChI=1S/C15H16O6/c1-3-4-7-19-13-11-6-5-10(17)8-12(11)21-15(18)14(13)20-9(2)16/h5-6,8,17H,3-4,7H2,1-2H3. The second-order valence-electron chi connectivity index (χ2n) is 4.52. The van der Waals surface area contributed by atoms with Gasteiger partial charge in [-0.15, -0.1) is 0 Å². The van der Waals surface area contributed by atoms with E-state index in [4.69, 9.17) is 13.9 Å². The molecule has 112 valence electrons. The van der Waals surface area contributed by atoms with E-state index >= 15 is 0 Å². The smallest absolute Gasteiger partial charge is 0.383 e. The van der Waals surface area contributed by atoms with Gasteiger partial charge in [0.1, 0.15) is 11.3 Å². The van der Waals surface area contributed by atoms with Gasteiger partial charge in [-0.2, -0.15) is 0 Å². The van der Waals surface area contributed by atoms with E-state index < -0.39 is 11.6 Å². The molecule has 2 rings (SSSR count). The van der Waals surface area contributed by atoms with Crippen LogP contribution in [0, 0.1) is 0 Å². The van der Waals surface area contributed by atoms with Crippen LogP contribution in [0.15, 0.2) is 27.4 Å². The number of aromatic hydroxyl groups is 1. The summed E-state index contributed by atoms with van der Waals surface area (Å²) in [7, 11) is 0. The van der Waals surface area contributed by atoms with Crippen LogP contribution in [0.3, 0.4) is 0 Å². The summed E-state index contributed by atoms with van der Waals surface area (Å²) in [4.78, 5) is 23.1. The summed E-state index contributed by atoms with van der Waals surface area (Å²) in [6.45, 7) is 3.58. The van der Waals surface area contributed by atoms with Crippen molar-refractivity contribution < 1.29 is 23.8 Å². The van der Waals surface area contributed by atoms with Crippen LogP contribution in [0.2, 0.25) is 0 Å². The molecule has 2 aromatic rings. The number of hydrogen-bond acceptors (Lipinski definition) is 6. The van der Waals surface area contributed by atoms with Crippen molar-refractivity contribution in [2.75, 3.05) is 6.61 Å². The first-order valence-corrected chi connectivity index (χ1v) is 6.64. The second-order valence-corrected chi connectivity index (χ2v) is 4.52. The third-order valence-electron chi connectivity index (χ3n) is 2.79. The SMILES string of the molecule is CCCCOc1c(OC(C)=O)c(=O)oc2cc(O)ccc12. The molecule has 1 N–H and O–H groups in total. The lowest BCUT2D eigenvalue weighted by molar-refractivity contribution is -0.132. The minimum atomic E-state index is -0.824. The van der Waals surface area contributed by atoms with Gasteiger partial charge in [0, 0.05) is 13.0 Å². The number of carbonyl (C=O) groups excluding carboxylic acids is 1. The lowest BCUT2D eigenvalue weighted by atomic mass is 10.2. The maximum absolute atomic E-state index is 11.9. The molecule has 0 saturated heterocycles. The molecular weight excluding hydrogens is 276 g/mol. The van der Waals surface area contributed by atoms with Crippen LogP contribution in [0.5, 0.6) is 17.2 Å². The molecule has 0 fully saturated rings. The van der Waals surface area contributed by atoms with Gasteiger partial charge >= 0.3 is 11.6 Å². The van der Waals surface area contributed by atoms with Gasteiger partial charge in [0.05, 0.1) is 12.0 Å². The lowest BCUT2D eigenvalue weighted by Crippen LogP contribution is -2.13. The van der Waals surface area contributed by atoms with Crippen LogP contribution in [0.4, 0.5) is 0 Å². The van der Waals surface area contributed by atoms with E-state index in [1.54, 1.807) is 6.07 Å². The van der Waals surface area contributed by atoms with Crippen molar-refractivity contribution in [3.8, 4) is 17.2 Å². The maximum Gasteiger partial charge on any atom is 0.383 e. The highest BCUT2D eigenvalue weighted by atomic mass is 16.6. The van der Waals surface area contributed by atoms with Crippen molar-refractivity contribution in [3.63, 3.8) is 0 Å². The number of phenolic OH excluding ortho intramolecular Hbond substituents is 1. The molecule has 0 saturated carbocycles. The van der Waals surface area contributed by atoms with Gasteiger partial charge in [0.15, 0.2) is 5.75 Å². The summed E-state index contributed by atoms with van der Waals surface area (Å²) in [5.41, 5.74) is -0.655. The monoisotopic (exact) mass is 292 g/mol. The zero-order chi connectivity index (χ0) is 15.4. The van der Waals surface area contributed by atoms with Gasteiger partial charge in [0.2, 0.25) is 0 Å². The molecule has 6 heteroatoms. The fourth-order valence-corrected chi connectivity index (χ4v) is 1.84. The van der Waals surface area contributed by atoms with Crippen LogP contribution >= 0.6 is 0 Å². The van der Waals surface area contributed by atoms with Crippen molar-refractivity contribution in [1.29, 1.82) is 0 Å². The number of esters is 1. The minimum absolute atomic E-state index is 0.0367. The predicted molar refractivity (Wildman–Crippen MR) is 75.9 cm³/mol. The molecule has 0 unspecified atom stereocenters. The number of rotatable bonds is 5. The number of unbranched alkanes of at least 4 members (excludes halogenated alkanes) is 1. The predicted octanol–water partition coefficient (Wildman–Crippen LogP) is 2.60. The maximum atomic E-state index is 11.9. The number of ether oxygens (including phenoxy) is 2. The van der Waals surface area contributed by atoms with Crippen molar-refractivity contribution >= 4 is 16.9 Å². The van der Waals surface area contributed by atoms with Gasteiger partial charge in [0.25, 0.3) is 5.75 Å². The first-order valence-electron chi connectivity index (χ1n) is 6.64. The summed E-state index contributed by atoms with van der Waals surface area (Å²) in [6, 6.07) is 4.29. The van der Waals surface area contributed by atoms with Crippen LogP contribution in [-0.2, 0) is 4.79 Å². The highest BCUT2D eigenvalue weighted by Gasteiger charge is 2.19. The van der Waals surface area contributed by atoms with Gasteiger partial charge in [-0.25, -0.2) is 4.79 Å². The molecule has 0 aliphatic carbocycles. The van der Waals surface area contributed by atoms with E-state index in [-0.39, 0.29) is 22.8 Å². The molecule has 6 nitrogen and oxygen atoms in total. The largest absolute Gasteiger partial charge is 0.508 e. The van der Waals surface area contributed by atoms with E-state index in [1.165, 1.54) is 19.1 Å². The van der Waals surface area contributed by atoms with Gasteiger partial charge < -0.3 is 19.0 Å². The van der Waals surface area contributed by atoms with Crippen molar-refractivity contribution in [2.24, 2.45) is 0 Å². The Bertz CT molecular complexity index is 716. The van der Waals surface area contributed by atoms with Crippen molar-refractivity contribution in [2.45, 2.75) is 26.7 Å². The van der Waals surface area contributed by atoms with Crippen molar-refractivity contribution in [1.82, 2.24) is 0 Å². The minimum Gasteiger partial charge on any atom is -0.508 e. The Balaban J connectivity index is 2.60. The number of phenols is 1. The Labute approximate surface area is 120 Å². The molecule has 0 atom stereocenters. The first-order chi connectivity index (χ1) is 10.0. The zero-order valence-electron chi connectivity index (χ0n) is 11.8. The zero-order valence-corrected chi connectivity index (χ0v) is 11.8. The lowest BCUT2D eigenvalue weighted by Gasteiger charge is -2.12. The molecule has 0 aliphatic rings. The topological polar surface area (TPSA) is 86.0 Å². The van der Waals surface area contributed by atoms with Gasteiger partial charge in [-0.05, 0) is 18.6 Å². The average molecular weight is 292 g/mol. The Kier molecular flexibility index (Phi) is 4.47. The summed E-state index contributed by atoms with van der Waals surface area (Å²) in [6.07, 6.45) is 1.71. The normalized spacial score (nSPS) is 10.6. The van der Waals surface area contributed by atoms with E-state index in [9.17, 15) is 14.7 Å². The van der Waals surface area contributed by atoms with Gasteiger partial charge in [-0.1, -0.05) is 13.3 Å². The Morgan fingerprint density at radius 3 is 2.76 bits per heavy atom. The third kappa shape index (κ3) is 3.34. The van der Waals surface area contributed by atoms with E-state index in [2.05, 4.69) is 0 Å². The summed E-state index contributed by atoms with van der Waals surface area (Å²) in [5, 5.41) is 9.91. The summed E-state index contributed by atoms with van der Waals surface area (Å²) in [5.74, 6) is -0.784. The van der Waals surface area contributed by atoms with Crippen LogP contribution < -0.4 is 15.1 Å². The molecular formula is C15H16O6. The number of benzene rings is 1. The molecule has 1 aromatic heterocycles. The molecule has 0 radical (unpaired) electrons. The molecule has 0 spiro atoms. The first kappa shape index (κ1) is 14.9. The Morgan fingerprint density at radius 2 is 2.10 bits per heavy atom. The van der Waals surface area contributed by atoms with Gasteiger partial charge in [-0.3, -0.25) is 4.79 Å². The second kappa shape index (κ2) is 6.30. The summed E-state index contributed by atoms with van der Waals surface area (Å²) < 4.78 is 15.6. The molecule has 0 aliphatic heterocycles. The molecule has 0 amide bonds. The van der Waals surface area contributed by atoms with Crippen molar-refractivity contribution in [3.05, 3.63) is 28.6 Å². The van der Waals surface area contributed by atoms with E-state index in [1.807, 2.05) is 6.92 Å². The number of fused-ring (bicyclic) bond motifs is 1. The quantitative estimate of drug-likeness (QED) is 0.518. The molecule has 0 bridgehead atoms. The number of hydrogen-bond donors (Lipinski definition) is 1. The van der Waals surface area contributed by atoms with E-state index in [0.717, 1.165) is 12.8 Å².